The molecule has 0 aromatic heterocycles. The Morgan fingerprint density at radius 2 is 2.20 bits per heavy atom. The summed E-state index contributed by atoms with van der Waals surface area (Å²) in [6.07, 6.45) is 3.80. The highest BCUT2D eigenvalue weighted by atomic mass is 16.5. The fourth-order valence-electron chi connectivity index (χ4n) is 2.68. The van der Waals surface area contributed by atoms with Gasteiger partial charge in [0.05, 0.1) is 6.61 Å². The van der Waals surface area contributed by atoms with Crippen LogP contribution in [0.25, 0.3) is 0 Å². The van der Waals surface area contributed by atoms with E-state index < -0.39 is 0 Å². The topological polar surface area (TPSA) is 64.3 Å². The van der Waals surface area contributed by atoms with Crippen LogP contribution in [0, 0.1) is 5.92 Å². The number of benzene rings is 1. The van der Waals surface area contributed by atoms with E-state index in [1.54, 1.807) is 0 Å². The molecule has 0 radical (unpaired) electrons. The summed E-state index contributed by atoms with van der Waals surface area (Å²) in [4.78, 5) is 12.3. The van der Waals surface area contributed by atoms with Gasteiger partial charge in [-0.15, -0.1) is 0 Å². The number of anilines is 1. The van der Waals surface area contributed by atoms with Gasteiger partial charge >= 0.3 is 0 Å². The van der Waals surface area contributed by atoms with Crippen molar-refractivity contribution in [3.8, 4) is 0 Å². The minimum atomic E-state index is 0.0406. The molecule has 110 valence electrons. The van der Waals surface area contributed by atoms with Gasteiger partial charge in [0.15, 0.2) is 0 Å². The maximum atomic E-state index is 12.3. The molecule has 1 aliphatic rings. The molecular weight excluding hydrogens is 252 g/mol. The molecule has 1 aliphatic carbocycles. The second-order valence-corrected chi connectivity index (χ2v) is 5.41. The third kappa shape index (κ3) is 4.05. The van der Waals surface area contributed by atoms with Gasteiger partial charge in [0.25, 0.3) is 0 Å². The van der Waals surface area contributed by atoms with E-state index in [9.17, 15) is 4.79 Å². The highest BCUT2D eigenvalue weighted by Crippen LogP contribution is 2.25. The van der Waals surface area contributed by atoms with E-state index in [4.69, 9.17) is 10.5 Å². The number of hydrogen-bond acceptors (Lipinski definition) is 3. The van der Waals surface area contributed by atoms with E-state index in [1.807, 2.05) is 31.2 Å². The van der Waals surface area contributed by atoms with Crippen molar-refractivity contribution in [3.05, 3.63) is 29.8 Å². The minimum absolute atomic E-state index is 0.0406. The summed E-state index contributed by atoms with van der Waals surface area (Å²) in [6, 6.07) is 7.96. The lowest BCUT2D eigenvalue weighted by atomic mass is 9.85. The average Bonchev–Trinajstić information content (AvgIpc) is 2.46. The first kappa shape index (κ1) is 15.0. The van der Waals surface area contributed by atoms with Crippen LogP contribution in [0.2, 0.25) is 0 Å². The molecule has 2 unspecified atom stereocenters. The Morgan fingerprint density at radius 1 is 1.40 bits per heavy atom. The lowest BCUT2D eigenvalue weighted by Gasteiger charge is -2.26. The van der Waals surface area contributed by atoms with Gasteiger partial charge in [0.1, 0.15) is 0 Å². The smallest absolute Gasteiger partial charge is 0.227 e. The molecule has 1 aromatic carbocycles. The average molecular weight is 276 g/mol. The van der Waals surface area contributed by atoms with Crippen LogP contribution in [-0.2, 0) is 16.1 Å². The van der Waals surface area contributed by atoms with Crippen molar-refractivity contribution in [3.63, 3.8) is 0 Å². The highest BCUT2D eigenvalue weighted by Gasteiger charge is 2.25. The van der Waals surface area contributed by atoms with Gasteiger partial charge < -0.3 is 15.8 Å². The summed E-state index contributed by atoms with van der Waals surface area (Å²) < 4.78 is 5.43. The van der Waals surface area contributed by atoms with Crippen LogP contribution in [-0.4, -0.2) is 18.6 Å². The van der Waals surface area contributed by atoms with Crippen LogP contribution < -0.4 is 11.1 Å². The van der Waals surface area contributed by atoms with E-state index >= 15 is 0 Å². The number of carbonyl (C=O) groups excluding carboxylic acids is 1. The van der Waals surface area contributed by atoms with Crippen molar-refractivity contribution in [2.75, 3.05) is 11.9 Å². The van der Waals surface area contributed by atoms with Gasteiger partial charge in [-0.25, -0.2) is 0 Å². The van der Waals surface area contributed by atoms with Crippen LogP contribution in [0.1, 0.15) is 38.2 Å². The molecule has 1 amide bonds. The molecule has 0 bridgehead atoms. The first-order valence-electron chi connectivity index (χ1n) is 7.42. The summed E-state index contributed by atoms with van der Waals surface area (Å²) in [5.41, 5.74) is 7.82. The molecule has 4 heteroatoms. The fourth-order valence-corrected chi connectivity index (χ4v) is 2.68. The number of hydrogen-bond donors (Lipinski definition) is 2. The zero-order valence-corrected chi connectivity index (χ0v) is 12.1. The van der Waals surface area contributed by atoms with Gasteiger partial charge in [-0.1, -0.05) is 24.6 Å². The quantitative estimate of drug-likeness (QED) is 0.869. The Hall–Kier alpha value is -1.39. The lowest BCUT2D eigenvalue weighted by molar-refractivity contribution is -0.120. The van der Waals surface area contributed by atoms with Crippen LogP contribution >= 0.6 is 0 Å². The van der Waals surface area contributed by atoms with E-state index in [0.29, 0.717) is 13.2 Å². The van der Waals surface area contributed by atoms with Crippen molar-refractivity contribution in [1.29, 1.82) is 0 Å². The van der Waals surface area contributed by atoms with Crippen molar-refractivity contribution < 1.29 is 9.53 Å². The molecule has 1 saturated carbocycles. The molecule has 3 N–H and O–H groups in total. The summed E-state index contributed by atoms with van der Waals surface area (Å²) >= 11 is 0. The molecule has 1 aromatic rings. The van der Waals surface area contributed by atoms with Crippen molar-refractivity contribution in [2.45, 2.75) is 45.3 Å². The minimum Gasteiger partial charge on any atom is -0.377 e. The molecule has 0 heterocycles. The van der Waals surface area contributed by atoms with Gasteiger partial charge in [-0.05, 0) is 32.3 Å². The van der Waals surface area contributed by atoms with Crippen molar-refractivity contribution in [1.82, 2.24) is 0 Å². The van der Waals surface area contributed by atoms with Gasteiger partial charge in [-0.2, -0.15) is 0 Å². The number of ether oxygens (including phenoxy) is 1. The van der Waals surface area contributed by atoms with Crippen molar-refractivity contribution >= 4 is 11.6 Å². The molecule has 4 nitrogen and oxygen atoms in total. The Bertz CT molecular complexity index is 448. The normalized spacial score (nSPS) is 22.5. The molecule has 1 fully saturated rings. The molecule has 0 saturated heterocycles. The molecular formula is C16H24N2O2. The molecule has 20 heavy (non-hydrogen) atoms. The Kier molecular flexibility index (Phi) is 5.56. The zero-order valence-electron chi connectivity index (χ0n) is 12.1. The van der Waals surface area contributed by atoms with Crippen LogP contribution in [0.4, 0.5) is 5.69 Å². The number of nitrogens with one attached hydrogen (secondary N) is 1. The molecule has 2 rings (SSSR count). The zero-order chi connectivity index (χ0) is 14.4. The van der Waals surface area contributed by atoms with Gasteiger partial charge in [-0.3, -0.25) is 4.79 Å². The molecule has 0 spiro atoms. The first-order chi connectivity index (χ1) is 9.70. The Labute approximate surface area is 120 Å². The van der Waals surface area contributed by atoms with Crippen LogP contribution in [0.3, 0.4) is 0 Å². The van der Waals surface area contributed by atoms with E-state index in [2.05, 4.69) is 5.32 Å². The predicted octanol–water partition coefficient (Wildman–Crippen LogP) is 2.68. The second-order valence-electron chi connectivity index (χ2n) is 5.41. The van der Waals surface area contributed by atoms with Crippen LogP contribution in [0.5, 0.6) is 0 Å². The monoisotopic (exact) mass is 276 g/mol. The summed E-state index contributed by atoms with van der Waals surface area (Å²) in [5.74, 6) is 0.128. The number of para-hydroxylation sites is 1. The van der Waals surface area contributed by atoms with E-state index in [0.717, 1.165) is 36.9 Å². The fraction of sp³-hybridized carbons (Fsp3) is 0.562. The van der Waals surface area contributed by atoms with E-state index in [1.165, 1.54) is 0 Å². The largest absolute Gasteiger partial charge is 0.377 e. The lowest BCUT2D eigenvalue weighted by Crippen LogP contribution is -2.34. The number of nitrogens with two attached hydrogens (primary N) is 1. The van der Waals surface area contributed by atoms with Crippen molar-refractivity contribution in [2.24, 2.45) is 11.7 Å². The van der Waals surface area contributed by atoms with Gasteiger partial charge in [0, 0.05) is 29.8 Å². The summed E-state index contributed by atoms with van der Waals surface area (Å²) in [5, 5.41) is 3.04. The maximum Gasteiger partial charge on any atom is 0.227 e. The van der Waals surface area contributed by atoms with E-state index in [-0.39, 0.29) is 17.9 Å². The third-order valence-corrected chi connectivity index (χ3v) is 3.82. The van der Waals surface area contributed by atoms with Gasteiger partial charge in [0.2, 0.25) is 5.91 Å². The second kappa shape index (κ2) is 7.41. The maximum absolute atomic E-state index is 12.3. The summed E-state index contributed by atoms with van der Waals surface area (Å²) in [7, 11) is 0. The predicted molar refractivity (Wildman–Crippen MR) is 80.3 cm³/mol. The third-order valence-electron chi connectivity index (χ3n) is 3.82. The standard InChI is InChI=1S/C16H24N2O2/c1-2-20-11-13-6-3-4-9-15(13)18-16(19)12-7-5-8-14(17)10-12/h3-4,6,9,12,14H,2,5,7-8,10-11,17H2,1H3,(H,18,19). The Morgan fingerprint density at radius 3 is 2.95 bits per heavy atom. The number of carbonyl (C=O) groups is 1. The Balaban J connectivity index is 1.99. The number of amides is 1. The molecule has 2 atom stereocenters. The summed E-state index contributed by atoms with van der Waals surface area (Å²) in [6.45, 7) is 3.15. The highest BCUT2D eigenvalue weighted by molar-refractivity contribution is 5.93. The number of rotatable bonds is 5. The first-order valence-corrected chi connectivity index (χ1v) is 7.42. The van der Waals surface area contributed by atoms with Crippen LogP contribution in [0.15, 0.2) is 24.3 Å². The molecule has 0 aliphatic heterocycles. The SMILES string of the molecule is CCOCc1ccccc1NC(=O)C1CCCC(N)C1.